The second-order valence-electron chi connectivity index (χ2n) is 5.59. The molecular formula is C16H30N3O+. The number of allylic oxidation sites excluding steroid dienone is 2. The van der Waals surface area contributed by atoms with Crippen LogP contribution >= 0.6 is 0 Å². The van der Waals surface area contributed by atoms with Gasteiger partial charge in [0.15, 0.2) is 6.17 Å². The number of unbranched alkanes of at least 4 members (excludes halogenated alkanes) is 2. The van der Waals surface area contributed by atoms with E-state index in [-0.39, 0.29) is 5.91 Å². The molecule has 0 aromatic carbocycles. The van der Waals surface area contributed by atoms with Crippen LogP contribution in [0.3, 0.4) is 0 Å². The van der Waals surface area contributed by atoms with Crippen LogP contribution in [0.1, 0.15) is 46.5 Å². The molecule has 4 nitrogen and oxygen atoms in total. The van der Waals surface area contributed by atoms with Crippen LogP contribution in [0.25, 0.3) is 0 Å². The molecule has 0 bridgehead atoms. The van der Waals surface area contributed by atoms with E-state index in [0.717, 1.165) is 37.1 Å². The zero-order chi connectivity index (χ0) is 14.8. The number of carbonyl (C=O) groups is 1. The molecule has 0 spiro atoms. The van der Waals surface area contributed by atoms with Gasteiger partial charge in [-0.2, -0.15) is 0 Å². The zero-order valence-corrected chi connectivity index (χ0v) is 13.3. The number of hydrogen-bond donors (Lipinski definition) is 1. The van der Waals surface area contributed by atoms with Crippen molar-refractivity contribution in [1.82, 2.24) is 5.32 Å². The van der Waals surface area contributed by atoms with Gasteiger partial charge in [0.1, 0.15) is 6.54 Å². The van der Waals surface area contributed by atoms with Gasteiger partial charge >= 0.3 is 0 Å². The average Bonchev–Trinajstić information content (AvgIpc) is 2.82. The van der Waals surface area contributed by atoms with Gasteiger partial charge in [0.05, 0.1) is 25.8 Å². The number of aliphatic imine (C=N–C) groups is 1. The van der Waals surface area contributed by atoms with E-state index in [4.69, 9.17) is 4.99 Å². The highest BCUT2D eigenvalue weighted by molar-refractivity contribution is 5.72. The number of hydrogen-bond acceptors (Lipinski definition) is 2. The third-order valence-electron chi connectivity index (χ3n) is 4.23. The number of carbonyl (C=O) groups excluding carboxylic acids is 1. The van der Waals surface area contributed by atoms with Crippen molar-refractivity contribution in [3.05, 3.63) is 12.2 Å². The van der Waals surface area contributed by atoms with E-state index in [2.05, 4.69) is 37.5 Å². The summed E-state index contributed by atoms with van der Waals surface area (Å²) in [4.78, 5) is 15.7. The van der Waals surface area contributed by atoms with Crippen LogP contribution in [0.2, 0.25) is 0 Å². The molecule has 0 fully saturated rings. The van der Waals surface area contributed by atoms with Crippen molar-refractivity contribution in [2.75, 3.05) is 26.2 Å². The standard InChI is InChI=1S/C16H29N3O/c1-4-6-7-8-9-10-16-18-12-14-19(16,5-2)13-11-17-15(3)20/h4,6,12,16H,5,7-11,13-14H2,1-3H3/p+1/b6-4+. The predicted octanol–water partition coefficient (Wildman–Crippen LogP) is 2.51. The number of amides is 1. The summed E-state index contributed by atoms with van der Waals surface area (Å²) in [5.74, 6) is 0.0577. The summed E-state index contributed by atoms with van der Waals surface area (Å²) in [5.41, 5.74) is 0. The van der Waals surface area contributed by atoms with Crippen LogP contribution in [0.15, 0.2) is 17.1 Å². The number of rotatable bonds is 9. The third-order valence-corrected chi connectivity index (χ3v) is 4.23. The lowest BCUT2D eigenvalue weighted by molar-refractivity contribution is -0.935. The maximum absolute atomic E-state index is 11.0. The Morgan fingerprint density at radius 1 is 1.50 bits per heavy atom. The van der Waals surface area contributed by atoms with Crippen molar-refractivity contribution in [2.24, 2.45) is 4.99 Å². The Kier molecular flexibility index (Phi) is 7.52. The summed E-state index contributed by atoms with van der Waals surface area (Å²) in [6.45, 7) is 9.71. The highest BCUT2D eigenvalue weighted by Crippen LogP contribution is 2.23. The molecule has 0 aliphatic carbocycles. The predicted molar refractivity (Wildman–Crippen MR) is 84.8 cm³/mol. The van der Waals surface area contributed by atoms with Gasteiger partial charge in [-0.3, -0.25) is 9.28 Å². The molecule has 1 amide bonds. The first-order chi connectivity index (χ1) is 9.64. The summed E-state index contributed by atoms with van der Waals surface area (Å²) in [6, 6.07) is 0. The molecule has 1 aliphatic heterocycles. The van der Waals surface area contributed by atoms with Gasteiger partial charge in [-0.25, -0.2) is 4.99 Å². The van der Waals surface area contributed by atoms with Crippen LogP contribution in [-0.2, 0) is 4.79 Å². The van der Waals surface area contributed by atoms with Crippen molar-refractivity contribution in [2.45, 2.75) is 52.6 Å². The van der Waals surface area contributed by atoms with Gasteiger partial charge < -0.3 is 5.32 Å². The molecule has 0 aromatic rings. The van der Waals surface area contributed by atoms with E-state index >= 15 is 0 Å². The van der Waals surface area contributed by atoms with Crippen molar-refractivity contribution >= 4 is 12.1 Å². The minimum absolute atomic E-state index is 0.0577. The maximum Gasteiger partial charge on any atom is 0.217 e. The molecule has 2 unspecified atom stereocenters. The fourth-order valence-electron chi connectivity index (χ4n) is 2.89. The van der Waals surface area contributed by atoms with Crippen molar-refractivity contribution in [3.63, 3.8) is 0 Å². The largest absolute Gasteiger partial charge is 0.351 e. The maximum atomic E-state index is 11.0. The molecule has 1 heterocycles. The van der Waals surface area contributed by atoms with E-state index in [1.54, 1.807) is 6.92 Å². The number of quaternary nitrogens is 1. The molecule has 2 atom stereocenters. The van der Waals surface area contributed by atoms with Gasteiger partial charge in [0.2, 0.25) is 5.91 Å². The summed E-state index contributed by atoms with van der Waals surface area (Å²) >= 11 is 0. The molecule has 20 heavy (non-hydrogen) atoms. The SMILES string of the molecule is C/C=C/CCCCC1N=CC[N+]1(CC)CCNC(C)=O. The molecule has 4 heteroatoms. The fraction of sp³-hybridized carbons (Fsp3) is 0.750. The Morgan fingerprint density at radius 2 is 2.30 bits per heavy atom. The first-order valence-electron chi connectivity index (χ1n) is 7.87. The smallest absolute Gasteiger partial charge is 0.217 e. The number of nitrogens with one attached hydrogen (secondary N) is 1. The van der Waals surface area contributed by atoms with E-state index in [9.17, 15) is 4.79 Å². The van der Waals surface area contributed by atoms with Crippen LogP contribution in [0, 0.1) is 0 Å². The monoisotopic (exact) mass is 280 g/mol. The van der Waals surface area contributed by atoms with Crippen LogP contribution in [0.4, 0.5) is 0 Å². The van der Waals surface area contributed by atoms with E-state index in [1.807, 2.05) is 0 Å². The van der Waals surface area contributed by atoms with Crippen molar-refractivity contribution in [1.29, 1.82) is 0 Å². The minimum atomic E-state index is 0.0577. The molecule has 0 aromatic heterocycles. The Hall–Kier alpha value is -1.16. The molecule has 0 saturated heterocycles. The summed E-state index contributed by atoms with van der Waals surface area (Å²) < 4.78 is 1.00. The molecule has 1 rings (SSSR count). The first-order valence-corrected chi connectivity index (χ1v) is 7.87. The molecular weight excluding hydrogens is 250 g/mol. The summed E-state index contributed by atoms with van der Waals surface area (Å²) in [7, 11) is 0. The average molecular weight is 280 g/mol. The number of likely N-dealkylation sites (N-methyl/N-ethyl adjacent to an activating group) is 1. The van der Waals surface area contributed by atoms with Crippen LogP contribution in [0.5, 0.6) is 0 Å². The Balaban J connectivity index is 2.41. The molecule has 114 valence electrons. The van der Waals surface area contributed by atoms with Gasteiger partial charge in [-0.15, -0.1) is 0 Å². The third kappa shape index (κ3) is 5.08. The van der Waals surface area contributed by atoms with Gasteiger partial charge in [-0.05, 0) is 33.1 Å². The Morgan fingerprint density at radius 3 is 2.95 bits per heavy atom. The highest BCUT2D eigenvalue weighted by Gasteiger charge is 2.37. The highest BCUT2D eigenvalue weighted by atomic mass is 16.1. The lowest BCUT2D eigenvalue weighted by Gasteiger charge is -2.38. The lowest BCUT2D eigenvalue weighted by Crippen LogP contribution is -2.55. The normalized spacial score (nSPS) is 25.4. The Bertz CT molecular complexity index is 352. The molecule has 0 radical (unpaired) electrons. The lowest BCUT2D eigenvalue weighted by atomic mass is 10.1. The molecule has 1 N–H and O–H groups in total. The van der Waals surface area contributed by atoms with Crippen molar-refractivity contribution in [3.8, 4) is 0 Å². The van der Waals surface area contributed by atoms with Gasteiger partial charge in [0.25, 0.3) is 0 Å². The topological polar surface area (TPSA) is 41.5 Å². The van der Waals surface area contributed by atoms with Gasteiger partial charge in [-0.1, -0.05) is 12.2 Å². The minimum Gasteiger partial charge on any atom is -0.351 e. The van der Waals surface area contributed by atoms with E-state index in [0.29, 0.717) is 6.17 Å². The van der Waals surface area contributed by atoms with E-state index < -0.39 is 0 Å². The number of nitrogens with zero attached hydrogens (tertiary/aromatic N) is 2. The molecule has 0 saturated carbocycles. The quantitative estimate of drug-likeness (QED) is 0.393. The van der Waals surface area contributed by atoms with Crippen LogP contribution in [-0.4, -0.2) is 48.9 Å². The van der Waals surface area contributed by atoms with Gasteiger partial charge in [0, 0.05) is 13.3 Å². The van der Waals surface area contributed by atoms with Crippen molar-refractivity contribution < 1.29 is 9.28 Å². The fourth-order valence-corrected chi connectivity index (χ4v) is 2.89. The second-order valence-corrected chi connectivity index (χ2v) is 5.59. The molecule has 1 aliphatic rings. The second kappa shape index (κ2) is 8.90. The summed E-state index contributed by atoms with van der Waals surface area (Å²) in [5, 5.41) is 2.92. The zero-order valence-electron chi connectivity index (χ0n) is 13.3. The first kappa shape index (κ1) is 16.9. The summed E-state index contributed by atoms with van der Waals surface area (Å²) in [6.07, 6.45) is 11.6. The van der Waals surface area contributed by atoms with E-state index in [1.165, 1.54) is 19.3 Å². The van der Waals surface area contributed by atoms with Crippen LogP contribution < -0.4 is 5.32 Å². The Labute approximate surface area is 123 Å².